The summed E-state index contributed by atoms with van der Waals surface area (Å²) in [5, 5.41) is 0. The fourth-order valence-corrected chi connectivity index (χ4v) is 7.09. The lowest BCUT2D eigenvalue weighted by Gasteiger charge is -2.48. The van der Waals surface area contributed by atoms with Crippen molar-refractivity contribution >= 4 is 24.4 Å². The third-order valence-corrected chi connectivity index (χ3v) is 9.94. The Kier molecular flexibility index (Phi) is 18.1. The molecule has 0 amide bonds. The molecule has 4 rings (SSSR count). The molecule has 0 N–H and O–H groups in total. The molecule has 0 aliphatic carbocycles. The number of aromatic nitrogens is 8. The van der Waals surface area contributed by atoms with E-state index in [1.807, 2.05) is 62.3 Å². The van der Waals surface area contributed by atoms with E-state index in [2.05, 4.69) is 19.9 Å². The second-order valence-electron chi connectivity index (χ2n) is 17.9. The molecule has 0 radical (unpaired) electrons. The molecule has 4 aromatic rings. The molecular weight excluding hydrogens is 821 g/mol. The lowest BCUT2D eigenvalue weighted by molar-refractivity contribution is -0.171. The predicted molar refractivity (Wildman–Crippen MR) is 226 cm³/mol. The molecule has 0 bridgehead atoms. The molecule has 4 aromatic heterocycles. The van der Waals surface area contributed by atoms with E-state index in [0.29, 0.717) is 25.7 Å². The molecule has 4 heterocycles. The predicted octanol–water partition coefficient (Wildman–Crippen LogP) is 6.88. The third-order valence-electron chi connectivity index (χ3n) is 9.94. The molecule has 0 aliphatic rings. The number of hydrogen-bond acceptors (Lipinski definition) is 16. The highest BCUT2D eigenvalue weighted by Crippen LogP contribution is 2.45. The number of ether oxygens (including phenoxy) is 8. The molecule has 63 heavy (non-hydrogen) atoms. The van der Waals surface area contributed by atoms with Crippen molar-refractivity contribution in [1.29, 1.82) is 0 Å². The van der Waals surface area contributed by atoms with Gasteiger partial charge in [0.05, 0.1) is 50.3 Å². The third kappa shape index (κ3) is 16.6. The summed E-state index contributed by atoms with van der Waals surface area (Å²) in [6, 6.07) is 0. The molecule has 2 unspecified atom stereocenters. The summed E-state index contributed by atoms with van der Waals surface area (Å²) in [6.45, 7) is 18.2. The summed E-state index contributed by atoms with van der Waals surface area (Å²) in [4.78, 5) is 66.1. The van der Waals surface area contributed by atoms with Gasteiger partial charge in [-0.15, -0.1) is 0 Å². The van der Waals surface area contributed by atoms with E-state index < -0.39 is 58.1 Å². The normalized spacial score (nSPS) is 13.9. The van der Waals surface area contributed by atoms with E-state index >= 15 is 0 Å². The summed E-state index contributed by atoms with van der Waals surface area (Å²) >= 11 is 0. The first kappa shape index (κ1) is 50.2. The van der Waals surface area contributed by atoms with Crippen molar-refractivity contribution in [2.45, 2.75) is 111 Å². The highest BCUT2D eigenvalue weighted by Gasteiger charge is 2.48. The van der Waals surface area contributed by atoms with Crippen molar-refractivity contribution < 1.29 is 57.1 Å². The Hall–Kier alpha value is -5.44. The zero-order valence-corrected chi connectivity index (χ0v) is 38.0. The molecule has 0 saturated carbocycles. The minimum absolute atomic E-state index is 0.0341. The number of nitrogens with zero attached hydrogens (tertiary/aromatic N) is 8. The van der Waals surface area contributed by atoms with Gasteiger partial charge in [-0.2, -0.15) is 0 Å². The highest BCUT2D eigenvalue weighted by molar-refractivity contribution is 5.71. The lowest BCUT2D eigenvalue weighted by atomic mass is 9.67. The quantitative estimate of drug-likeness (QED) is 0.0490. The van der Waals surface area contributed by atoms with Crippen LogP contribution in [0.2, 0.25) is 0 Å². The van der Waals surface area contributed by atoms with Crippen LogP contribution in [0.1, 0.15) is 88.0 Å². The average molecular weight is 885 g/mol. The Bertz CT molecular complexity index is 1960. The molecular formula is C43H64N8O12. The monoisotopic (exact) mass is 884 g/mol. The van der Waals surface area contributed by atoms with E-state index in [1.54, 1.807) is 0 Å². The number of imidazole rings is 4. The van der Waals surface area contributed by atoms with E-state index in [1.165, 1.54) is 93.2 Å². The maximum Gasteiger partial charge on any atom is 0.419 e. The maximum absolute atomic E-state index is 12.7. The van der Waals surface area contributed by atoms with Crippen LogP contribution in [0.4, 0.5) is 19.2 Å². The topological polar surface area (TPSA) is 213 Å². The minimum Gasteiger partial charge on any atom is -0.448 e. The van der Waals surface area contributed by atoms with Gasteiger partial charge in [0.2, 0.25) is 0 Å². The minimum atomic E-state index is -0.870. The zero-order valence-electron chi connectivity index (χ0n) is 38.0. The van der Waals surface area contributed by atoms with Crippen LogP contribution in [0.15, 0.2) is 74.9 Å². The van der Waals surface area contributed by atoms with Crippen molar-refractivity contribution in [2.24, 2.45) is 10.8 Å². The lowest BCUT2D eigenvalue weighted by Crippen LogP contribution is -2.51. The molecule has 0 fully saturated rings. The first-order valence-corrected chi connectivity index (χ1v) is 20.9. The second kappa shape index (κ2) is 22.8. The van der Waals surface area contributed by atoms with Crippen LogP contribution in [-0.2, 0) is 37.9 Å². The van der Waals surface area contributed by atoms with Gasteiger partial charge in [0.15, 0.2) is 0 Å². The zero-order chi connectivity index (χ0) is 46.2. The van der Waals surface area contributed by atoms with Gasteiger partial charge in [0.25, 0.3) is 0 Å². The first-order chi connectivity index (χ1) is 29.7. The van der Waals surface area contributed by atoms with Crippen molar-refractivity contribution in [1.82, 2.24) is 38.2 Å². The van der Waals surface area contributed by atoms with Crippen molar-refractivity contribution in [3.8, 4) is 0 Å². The summed E-state index contributed by atoms with van der Waals surface area (Å²) in [6.07, 6.45) is 16.3. The van der Waals surface area contributed by atoms with Crippen LogP contribution < -0.4 is 0 Å². The SMILES string of the molecule is CCC(OCCOC(=O)n1ccnc1)C(COCCOC(=O)n1ccnc1)(CC(C)(C)OCCC(C)(C)OC(=O)n1ccnc1)CC(C)(C)OCC(C)(C)COC(=O)n1ccnc1. The van der Waals surface area contributed by atoms with Crippen LogP contribution in [0.3, 0.4) is 0 Å². The van der Waals surface area contributed by atoms with E-state index in [9.17, 15) is 19.2 Å². The largest absolute Gasteiger partial charge is 0.448 e. The molecule has 0 aromatic carbocycles. The summed E-state index contributed by atoms with van der Waals surface area (Å²) in [5.74, 6) is 0. The number of carbonyl (C=O) groups excluding carboxylic acids is 4. The average Bonchev–Trinajstić information content (AvgIpc) is 4.06. The second-order valence-corrected chi connectivity index (χ2v) is 17.9. The Morgan fingerprint density at radius 2 is 0.984 bits per heavy atom. The van der Waals surface area contributed by atoms with Gasteiger partial charge >= 0.3 is 24.4 Å². The van der Waals surface area contributed by atoms with Crippen molar-refractivity contribution in [3.05, 3.63) is 74.9 Å². The molecule has 20 nitrogen and oxygen atoms in total. The molecule has 348 valence electrons. The molecule has 0 spiro atoms. The van der Waals surface area contributed by atoms with Crippen LogP contribution in [-0.4, -0.2) is 138 Å². The van der Waals surface area contributed by atoms with Crippen molar-refractivity contribution in [2.75, 3.05) is 52.9 Å². The molecule has 20 heteroatoms. The van der Waals surface area contributed by atoms with Gasteiger partial charge in [0, 0.05) is 66.8 Å². The molecule has 2 atom stereocenters. The van der Waals surface area contributed by atoms with E-state index in [4.69, 9.17) is 37.9 Å². The molecule has 0 saturated heterocycles. The smallest absolute Gasteiger partial charge is 0.419 e. The Morgan fingerprint density at radius 3 is 1.46 bits per heavy atom. The van der Waals surface area contributed by atoms with Gasteiger partial charge < -0.3 is 37.9 Å². The highest BCUT2D eigenvalue weighted by atomic mass is 16.6. The van der Waals surface area contributed by atoms with Gasteiger partial charge in [-0.3, -0.25) is 0 Å². The van der Waals surface area contributed by atoms with Gasteiger partial charge in [-0.1, -0.05) is 20.8 Å². The Balaban J connectivity index is 1.55. The number of carbonyl (C=O) groups is 4. The van der Waals surface area contributed by atoms with Crippen molar-refractivity contribution in [3.63, 3.8) is 0 Å². The van der Waals surface area contributed by atoms with Gasteiger partial charge in [-0.05, 0) is 60.8 Å². The van der Waals surface area contributed by atoms with E-state index in [-0.39, 0.29) is 52.9 Å². The fourth-order valence-electron chi connectivity index (χ4n) is 7.09. The van der Waals surface area contributed by atoms with Gasteiger partial charge in [-0.25, -0.2) is 57.4 Å². The standard InChI is InChI=1S/C43H64N8O12/c1-10-34(57-23-24-59-36(53)49-17-13-45-31-49)43(29-56-21-22-58-35(52)48-16-12-44-30-48,25-41(6,7)61-20-11-40(4,5)63-38(55)51-19-15-47-33-51)26-42(8,9)62-28-39(2,3)27-60-37(54)50-18-14-46-32-50/h12-19,30-34H,10-11,20-29H2,1-9H3. The summed E-state index contributed by atoms with van der Waals surface area (Å²) < 4.78 is 53.6. The van der Waals surface area contributed by atoms with Crippen LogP contribution >= 0.6 is 0 Å². The summed E-state index contributed by atoms with van der Waals surface area (Å²) in [5.41, 5.74) is -3.94. The Morgan fingerprint density at radius 1 is 0.524 bits per heavy atom. The van der Waals surface area contributed by atoms with Crippen LogP contribution in [0.25, 0.3) is 0 Å². The van der Waals surface area contributed by atoms with E-state index in [0.717, 1.165) is 0 Å². The summed E-state index contributed by atoms with van der Waals surface area (Å²) in [7, 11) is 0. The first-order valence-electron chi connectivity index (χ1n) is 20.9. The number of hydrogen-bond donors (Lipinski definition) is 0. The van der Waals surface area contributed by atoms with Gasteiger partial charge in [0.1, 0.15) is 50.7 Å². The van der Waals surface area contributed by atoms with Crippen LogP contribution in [0.5, 0.6) is 0 Å². The number of rotatable bonds is 25. The maximum atomic E-state index is 12.7. The van der Waals surface area contributed by atoms with Crippen LogP contribution in [0, 0.1) is 10.8 Å². The molecule has 0 aliphatic heterocycles. The Labute approximate surface area is 368 Å². The fraction of sp³-hybridized carbons (Fsp3) is 0.628.